The summed E-state index contributed by atoms with van der Waals surface area (Å²) in [6.07, 6.45) is 0.227. The van der Waals surface area contributed by atoms with Crippen LogP contribution in [0.5, 0.6) is 0 Å². The highest BCUT2D eigenvalue weighted by atomic mass is 16.6. The largest absolute Gasteiger partial charge is 0.460 e. The molecule has 22 heteroatoms. The number of nitrogens with one attached hydrogen (secondary N) is 1. The van der Waals surface area contributed by atoms with Gasteiger partial charge < -0.3 is 85.8 Å². The maximum Gasteiger partial charge on any atom is 0.308 e. The Kier molecular flexibility index (Phi) is 51.1. The summed E-state index contributed by atoms with van der Waals surface area (Å²) in [6, 6.07) is 0. The van der Waals surface area contributed by atoms with Crippen molar-refractivity contribution < 1.29 is 85.3 Å². The molecule has 0 aliphatic heterocycles. The first kappa shape index (κ1) is 61.1. The van der Waals surface area contributed by atoms with E-state index in [0.29, 0.717) is 218 Å². The number of ether oxygens (including phenoxy) is 17. The van der Waals surface area contributed by atoms with Crippen molar-refractivity contribution in [3.05, 3.63) is 10.4 Å². The zero-order valence-corrected chi connectivity index (χ0v) is 38.6. The fourth-order valence-corrected chi connectivity index (χ4v) is 4.39. The van der Waals surface area contributed by atoms with Gasteiger partial charge in [0.15, 0.2) is 0 Å². The SMILES string of the molecule is CC(C)(C)OC(=O)CCOCCOCCOCCOCCOCCOCCOCCOCCNCCOCCOCCOCCOCCOCCOCCOCCOCCN=[N+]=[N-]. The van der Waals surface area contributed by atoms with Gasteiger partial charge >= 0.3 is 5.97 Å². The van der Waals surface area contributed by atoms with Gasteiger partial charge in [-0.1, -0.05) is 5.11 Å². The Labute approximate surface area is 375 Å². The lowest BCUT2D eigenvalue weighted by molar-refractivity contribution is -0.156. The summed E-state index contributed by atoms with van der Waals surface area (Å²) >= 11 is 0. The number of carbonyl (C=O) groups is 1. The maximum atomic E-state index is 11.6. The molecule has 0 aliphatic rings. The lowest BCUT2D eigenvalue weighted by Crippen LogP contribution is -2.25. The molecule has 0 fully saturated rings. The van der Waals surface area contributed by atoms with Crippen molar-refractivity contribution in [2.24, 2.45) is 5.11 Å². The number of azide groups is 1. The lowest BCUT2D eigenvalue weighted by Gasteiger charge is -2.19. The molecular formula is C41H82N4O18. The fourth-order valence-electron chi connectivity index (χ4n) is 4.39. The van der Waals surface area contributed by atoms with Gasteiger partial charge in [-0.3, -0.25) is 4.79 Å². The van der Waals surface area contributed by atoms with Crippen LogP contribution in [0.2, 0.25) is 0 Å². The third-order valence-electron chi connectivity index (χ3n) is 7.32. The van der Waals surface area contributed by atoms with Gasteiger partial charge in [0.2, 0.25) is 0 Å². The van der Waals surface area contributed by atoms with E-state index in [-0.39, 0.29) is 12.4 Å². The fraction of sp³-hybridized carbons (Fsp3) is 0.976. The van der Waals surface area contributed by atoms with Crippen LogP contribution in [0, 0.1) is 0 Å². The van der Waals surface area contributed by atoms with Crippen LogP contribution < -0.4 is 5.32 Å². The first-order chi connectivity index (χ1) is 31.0. The molecule has 0 amide bonds. The summed E-state index contributed by atoms with van der Waals surface area (Å²) in [4.78, 5) is 14.2. The normalized spacial score (nSPS) is 11.7. The molecule has 0 saturated heterocycles. The minimum Gasteiger partial charge on any atom is -0.460 e. The molecule has 22 nitrogen and oxygen atoms in total. The van der Waals surface area contributed by atoms with Crippen LogP contribution in [-0.2, 0) is 85.3 Å². The van der Waals surface area contributed by atoms with Crippen LogP contribution in [0.3, 0.4) is 0 Å². The van der Waals surface area contributed by atoms with Gasteiger partial charge in [-0.05, 0) is 26.3 Å². The maximum absolute atomic E-state index is 11.6. The molecule has 0 spiro atoms. The van der Waals surface area contributed by atoms with Crippen LogP contribution in [0.4, 0.5) is 0 Å². The van der Waals surface area contributed by atoms with Crippen LogP contribution in [0.1, 0.15) is 27.2 Å². The van der Waals surface area contributed by atoms with Crippen molar-refractivity contribution in [3.8, 4) is 0 Å². The van der Waals surface area contributed by atoms with Gasteiger partial charge in [-0.2, -0.15) is 0 Å². The monoisotopic (exact) mass is 919 g/mol. The van der Waals surface area contributed by atoms with Gasteiger partial charge in [-0.25, -0.2) is 0 Å². The van der Waals surface area contributed by atoms with Crippen molar-refractivity contribution in [2.75, 3.05) is 231 Å². The molecule has 0 heterocycles. The highest BCUT2D eigenvalue weighted by Crippen LogP contribution is 2.08. The first-order valence-corrected chi connectivity index (χ1v) is 22.1. The Morgan fingerprint density at radius 3 is 0.841 bits per heavy atom. The van der Waals surface area contributed by atoms with Crippen LogP contribution in [-0.4, -0.2) is 243 Å². The van der Waals surface area contributed by atoms with Gasteiger partial charge in [0, 0.05) is 24.5 Å². The summed E-state index contributed by atoms with van der Waals surface area (Å²) in [5, 5.41) is 6.65. The number of carbonyl (C=O) groups excluding carboxylic acids is 1. The van der Waals surface area contributed by atoms with Gasteiger partial charge in [0.1, 0.15) is 5.60 Å². The predicted octanol–water partition coefficient (Wildman–Crippen LogP) is 1.88. The van der Waals surface area contributed by atoms with Gasteiger partial charge in [-0.15, -0.1) is 0 Å². The van der Waals surface area contributed by atoms with Crippen LogP contribution in [0.25, 0.3) is 10.4 Å². The Hall–Kier alpha value is -1.90. The minimum atomic E-state index is -0.480. The third kappa shape index (κ3) is 58.1. The summed E-state index contributed by atoms with van der Waals surface area (Å²) < 4.78 is 92.6. The molecule has 1 N–H and O–H groups in total. The molecule has 374 valence electrons. The average molecular weight is 919 g/mol. The standard InChI is InChI=1S/C41H82N4O18/c1-41(2,3)63-40(46)4-8-47-12-16-51-20-24-55-28-32-59-36-37-60-33-29-56-25-21-52-17-13-48-9-5-43-6-10-49-14-18-53-22-26-57-30-34-61-38-39-62-35-31-58-27-23-54-19-15-50-11-7-44-45-42/h43H,4-39H2,1-3H3. The molecule has 0 aromatic heterocycles. The van der Waals surface area contributed by atoms with Crippen molar-refractivity contribution >= 4 is 5.97 Å². The second-order valence-corrected chi connectivity index (χ2v) is 13.8. The highest BCUT2D eigenvalue weighted by Gasteiger charge is 2.15. The molecule has 0 aliphatic carbocycles. The molecule has 0 radical (unpaired) electrons. The average Bonchev–Trinajstić information content (AvgIpc) is 3.26. The van der Waals surface area contributed by atoms with E-state index < -0.39 is 5.60 Å². The first-order valence-electron chi connectivity index (χ1n) is 22.1. The number of nitrogens with zero attached hydrogens (tertiary/aromatic N) is 3. The Morgan fingerprint density at radius 2 is 0.603 bits per heavy atom. The molecule has 0 unspecified atom stereocenters. The zero-order valence-electron chi connectivity index (χ0n) is 38.6. The predicted molar refractivity (Wildman–Crippen MR) is 230 cm³/mol. The number of hydrogen-bond donors (Lipinski definition) is 1. The van der Waals surface area contributed by atoms with E-state index in [2.05, 4.69) is 15.3 Å². The molecular weight excluding hydrogens is 836 g/mol. The van der Waals surface area contributed by atoms with E-state index in [1.54, 1.807) is 0 Å². The second-order valence-electron chi connectivity index (χ2n) is 13.8. The van der Waals surface area contributed by atoms with E-state index in [0.717, 1.165) is 13.1 Å². The van der Waals surface area contributed by atoms with E-state index in [1.807, 2.05) is 20.8 Å². The van der Waals surface area contributed by atoms with Crippen molar-refractivity contribution in [1.29, 1.82) is 0 Å². The van der Waals surface area contributed by atoms with E-state index in [4.69, 9.17) is 86.1 Å². The summed E-state index contributed by atoms with van der Waals surface area (Å²) in [6.45, 7) is 22.8. The topological polar surface area (TPSA) is 235 Å². The zero-order chi connectivity index (χ0) is 45.7. The molecule has 0 rings (SSSR count). The number of hydrogen-bond acceptors (Lipinski definition) is 20. The minimum absolute atomic E-state index is 0.227. The molecule has 63 heavy (non-hydrogen) atoms. The molecule has 0 atom stereocenters. The Balaban J connectivity index is 3.10. The van der Waals surface area contributed by atoms with Crippen molar-refractivity contribution in [2.45, 2.75) is 32.8 Å². The van der Waals surface area contributed by atoms with Gasteiger partial charge in [0.25, 0.3) is 0 Å². The number of rotatable bonds is 54. The summed E-state index contributed by atoms with van der Waals surface area (Å²) in [5.74, 6) is -0.269. The summed E-state index contributed by atoms with van der Waals surface area (Å²) in [7, 11) is 0. The van der Waals surface area contributed by atoms with Crippen molar-refractivity contribution in [1.82, 2.24) is 5.32 Å². The van der Waals surface area contributed by atoms with Crippen LogP contribution >= 0.6 is 0 Å². The Bertz CT molecular complexity index is 969. The quantitative estimate of drug-likeness (QED) is 0.0302. The van der Waals surface area contributed by atoms with E-state index >= 15 is 0 Å². The smallest absolute Gasteiger partial charge is 0.308 e. The van der Waals surface area contributed by atoms with Crippen molar-refractivity contribution in [3.63, 3.8) is 0 Å². The molecule has 0 aromatic rings. The van der Waals surface area contributed by atoms with Crippen LogP contribution in [0.15, 0.2) is 5.11 Å². The van der Waals surface area contributed by atoms with Gasteiger partial charge in [0.05, 0.1) is 218 Å². The second kappa shape index (κ2) is 52.7. The third-order valence-corrected chi connectivity index (χ3v) is 7.32. The molecule has 0 aromatic carbocycles. The summed E-state index contributed by atoms with van der Waals surface area (Å²) in [5.41, 5.74) is 7.68. The highest BCUT2D eigenvalue weighted by molar-refractivity contribution is 5.69. The van der Waals surface area contributed by atoms with E-state index in [9.17, 15) is 4.79 Å². The molecule has 0 bridgehead atoms. The van der Waals surface area contributed by atoms with E-state index in [1.165, 1.54) is 0 Å². The lowest BCUT2D eigenvalue weighted by atomic mass is 10.2. The number of esters is 1. The molecule has 0 saturated carbocycles. The Morgan fingerprint density at radius 1 is 0.381 bits per heavy atom.